The largest absolute Gasteiger partial charge is 0.300 e. The van der Waals surface area contributed by atoms with Crippen LogP contribution in [0.4, 0.5) is 0 Å². The Labute approximate surface area is 83.3 Å². The van der Waals surface area contributed by atoms with Crippen molar-refractivity contribution in [1.82, 2.24) is 4.98 Å². The van der Waals surface area contributed by atoms with Crippen LogP contribution in [0.3, 0.4) is 0 Å². The van der Waals surface area contributed by atoms with E-state index in [0.717, 1.165) is 10.6 Å². The topological polar surface area (TPSA) is 30.0 Å². The summed E-state index contributed by atoms with van der Waals surface area (Å²) in [4.78, 5) is 14.7. The van der Waals surface area contributed by atoms with Gasteiger partial charge in [0, 0.05) is 12.6 Å². The molecule has 0 spiro atoms. The van der Waals surface area contributed by atoms with E-state index in [0.29, 0.717) is 6.42 Å². The molecule has 0 saturated carbocycles. The Kier molecular flexibility index (Phi) is 3.80. The Morgan fingerprint density at radius 3 is 3.07 bits per heavy atom. The van der Waals surface area contributed by atoms with Gasteiger partial charge < -0.3 is 0 Å². The van der Waals surface area contributed by atoms with E-state index in [4.69, 9.17) is 0 Å². The lowest BCUT2D eigenvalue weighted by atomic mass is 10.2. The summed E-state index contributed by atoms with van der Waals surface area (Å²) in [6.45, 7) is 5.36. The Hall–Kier alpha value is -1.70. The fourth-order valence-corrected chi connectivity index (χ4v) is 1.01. The van der Waals surface area contributed by atoms with Crippen molar-refractivity contribution in [3.63, 3.8) is 0 Å². The van der Waals surface area contributed by atoms with Gasteiger partial charge in [0.05, 0.1) is 5.35 Å². The number of carbonyl (C=O) groups excluding carboxylic acids is 1. The summed E-state index contributed by atoms with van der Waals surface area (Å²) in [7, 11) is 0. The van der Waals surface area contributed by atoms with E-state index in [1.807, 2.05) is 30.4 Å². The normalized spacial score (nSPS) is 12.2. The SMILES string of the molecule is C=c1nccc/c1=C/C=C\CC(C)=O. The first-order valence-corrected chi connectivity index (χ1v) is 4.46. The highest BCUT2D eigenvalue weighted by molar-refractivity contribution is 5.77. The quantitative estimate of drug-likeness (QED) is 0.701. The number of nitrogens with zero attached hydrogens (tertiary/aromatic N) is 1. The van der Waals surface area contributed by atoms with Gasteiger partial charge >= 0.3 is 0 Å². The molecule has 0 aliphatic heterocycles. The molecular weight excluding hydrogens is 174 g/mol. The predicted molar refractivity (Wildman–Crippen MR) is 57.9 cm³/mol. The van der Waals surface area contributed by atoms with Crippen LogP contribution in [-0.4, -0.2) is 10.8 Å². The van der Waals surface area contributed by atoms with E-state index in [1.165, 1.54) is 0 Å². The van der Waals surface area contributed by atoms with Gasteiger partial charge in [-0.05, 0) is 18.2 Å². The highest BCUT2D eigenvalue weighted by Crippen LogP contribution is 1.84. The van der Waals surface area contributed by atoms with E-state index < -0.39 is 0 Å². The fraction of sp³-hybridized carbons (Fsp3) is 0.167. The lowest BCUT2D eigenvalue weighted by molar-refractivity contribution is -0.116. The van der Waals surface area contributed by atoms with Crippen molar-refractivity contribution in [2.24, 2.45) is 0 Å². The Morgan fingerprint density at radius 1 is 1.64 bits per heavy atom. The third-order valence-electron chi connectivity index (χ3n) is 1.74. The zero-order chi connectivity index (χ0) is 10.4. The van der Waals surface area contributed by atoms with E-state index in [2.05, 4.69) is 11.6 Å². The van der Waals surface area contributed by atoms with E-state index in [-0.39, 0.29) is 5.78 Å². The highest BCUT2D eigenvalue weighted by Gasteiger charge is 1.84. The van der Waals surface area contributed by atoms with Crippen LogP contribution < -0.4 is 10.6 Å². The molecule has 0 aliphatic rings. The van der Waals surface area contributed by atoms with Crippen LogP contribution in [0.5, 0.6) is 0 Å². The molecule has 0 N–H and O–H groups in total. The second-order valence-corrected chi connectivity index (χ2v) is 3.04. The molecule has 0 fully saturated rings. The Morgan fingerprint density at radius 2 is 2.43 bits per heavy atom. The molecule has 0 bridgehead atoms. The lowest BCUT2D eigenvalue weighted by Gasteiger charge is -1.85. The maximum Gasteiger partial charge on any atom is 0.133 e. The van der Waals surface area contributed by atoms with Crippen molar-refractivity contribution in [2.45, 2.75) is 13.3 Å². The van der Waals surface area contributed by atoms with Crippen LogP contribution in [0, 0.1) is 0 Å². The zero-order valence-electron chi connectivity index (χ0n) is 8.23. The first-order valence-electron chi connectivity index (χ1n) is 4.46. The highest BCUT2D eigenvalue weighted by atomic mass is 16.1. The maximum atomic E-state index is 10.6. The van der Waals surface area contributed by atoms with Gasteiger partial charge in [-0.3, -0.25) is 9.78 Å². The third-order valence-corrected chi connectivity index (χ3v) is 1.74. The summed E-state index contributed by atoms with van der Waals surface area (Å²) in [5.74, 6) is 0.163. The fourth-order valence-electron chi connectivity index (χ4n) is 1.01. The molecule has 1 aromatic heterocycles. The number of allylic oxidation sites excluding steroid dienone is 2. The van der Waals surface area contributed by atoms with Crippen LogP contribution in [0.15, 0.2) is 30.5 Å². The summed E-state index contributed by atoms with van der Waals surface area (Å²) in [5.41, 5.74) is 0. The molecule has 14 heavy (non-hydrogen) atoms. The average molecular weight is 187 g/mol. The number of pyridine rings is 1. The number of carbonyl (C=O) groups is 1. The molecule has 0 amide bonds. The van der Waals surface area contributed by atoms with Crippen LogP contribution in [-0.2, 0) is 4.79 Å². The molecule has 1 heterocycles. The Bertz CT molecular complexity index is 446. The summed E-state index contributed by atoms with van der Waals surface area (Å²) < 4.78 is 0. The van der Waals surface area contributed by atoms with Gasteiger partial charge in [0.15, 0.2) is 0 Å². The van der Waals surface area contributed by atoms with E-state index in [1.54, 1.807) is 13.1 Å². The van der Waals surface area contributed by atoms with Gasteiger partial charge in [0.1, 0.15) is 5.78 Å². The van der Waals surface area contributed by atoms with Crippen LogP contribution in [0.2, 0.25) is 0 Å². The monoisotopic (exact) mass is 187 g/mol. The standard InChI is InChI=1S/C12H13NO/c1-10(14)6-3-4-7-12-8-5-9-13-11(12)2/h3-5,7-9H,2,6H2,1H3/b4-3-,12-7-. The number of hydrogen-bond acceptors (Lipinski definition) is 2. The molecule has 0 atom stereocenters. The van der Waals surface area contributed by atoms with E-state index >= 15 is 0 Å². The summed E-state index contributed by atoms with van der Waals surface area (Å²) in [6, 6.07) is 3.80. The predicted octanol–water partition coefficient (Wildman–Crippen LogP) is 0.808. The van der Waals surface area contributed by atoms with Crippen LogP contribution in [0.25, 0.3) is 12.7 Å². The molecule has 0 radical (unpaired) electrons. The second-order valence-electron chi connectivity index (χ2n) is 3.04. The first-order chi connectivity index (χ1) is 6.70. The molecule has 0 saturated heterocycles. The van der Waals surface area contributed by atoms with Crippen molar-refractivity contribution in [3.05, 3.63) is 41.0 Å². The average Bonchev–Trinajstić information content (AvgIpc) is 2.15. The lowest BCUT2D eigenvalue weighted by Crippen LogP contribution is -2.25. The summed E-state index contributed by atoms with van der Waals surface area (Å²) >= 11 is 0. The molecule has 72 valence electrons. The molecular formula is C12H13NO. The molecule has 0 unspecified atom stereocenters. The van der Waals surface area contributed by atoms with Gasteiger partial charge in [0.25, 0.3) is 0 Å². The third kappa shape index (κ3) is 3.35. The van der Waals surface area contributed by atoms with Gasteiger partial charge in [-0.15, -0.1) is 0 Å². The summed E-state index contributed by atoms with van der Waals surface area (Å²) in [6.07, 6.45) is 7.77. The van der Waals surface area contributed by atoms with Gasteiger partial charge in [0.2, 0.25) is 0 Å². The summed E-state index contributed by atoms with van der Waals surface area (Å²) in [5, 5.41) is 1.73. The number of ketones is 1. The molecule has 2 heteroatoms. The smallest absolute Gasteiger partial charge is 0.133 e. The minimum Gasteiger partial charge on any atom is -0.300 e. The zero-order valence-corrected chi connectivity index (χ0v) is 8.23. The minimum absolute atomic E-state index is 0.163. The van der Waals surface area contributed by atoms with E-state index in [9.17, 15) is 4.79 Å². The van der Waals surface area contributed by atoms with Crippen molar-refractivity contribution >= 4 is 18.4 Å². The molecule has 2 nitrogen and oxygen atoms in total. The Balaban J connectivity index is 2.80. The van der Waals surface area contributed by atoms with Crippen molar-refractivity contribution < 1.29 is 4.79 Å². The van der Waals surface area contributed by atoms with Crippen molar-refractivity contribution in [2.75, 3.05) is 0 Å². The molecule has 0 aromatic carbocycles. The van der Waals surface area contributed by atoms with Gasteiger partial charge in [-0.2, -0.15) is 0 Å². The van der Waals surface area contributed by atoms with Crippen molar-refractivity contribution in [1.29, 1.82) is 0 Å². The molecule has 0 aliphatic carbocycles. The number of hydrogen-bond donors (Lipinski definition) is 0. The molecule has 1 aromatic rings. The van der Waals surface area contributed by atoms with Crippen LogP contribution in [0.1, 0.15) is 13.3 Å². The first kappa shape index (κ1) is 10.4. The number of aromatic nitrogens is 1. The number of Topliss-reactive ketones (excluding diaryl/α,β-unsaturated/α-hetero) is 1. The van der Waals surface area contributed by atoms with Crippen molar-refractivity contribution in [3.8, 4) is 0 Å². The maximum absolute atomic E-state index is 10.6. The van der Waals surface area contributed by atoms with Crippen LogP contribution >= 0.6 is 0 Å². The number of rotatable bonds is 3. The minimum atomic E-state index is 0.163. The van der Waals surface area contributed by atoms with Gasteiger partial charge in [-0.1, -0.05) is 30.9 Å². The molecule has 1 rings (SSSR count). The van der Waals surface area contributed by atoms with Gasteiger partial charge in [-0.25, -0.2) is 0 Å². The second kappa shape index (κ2) is 5.12.